The molecule has 0 saturated carbocycles. The van der Waals surface area contributed by atoms with E-state index in [2.05, 4.69) is 4.90 Å². The minimum absolute atomic E-state index is 0.0248. The second-order valence-electron chi connectivity index (χ2n) is 7.05. The van der Waals surface area contributed by atoms with Crippen LogP contribution in [0.25, 0.3) is 0 Å². The Hall–Kier alpha value is -1.17. The number of piperidine rings is 2. The average Bonchev–Trinajstić information content (AvgIpc) is 2.56. The van der Waals surface area contributed by atoms with E-state index in [1.165, 1.54) is 12.1 Å². The number of carbonyl (C=O) groups excluding carboxylic acids is 1. The highest BCUT2D eigenvalue weighted by molar-refractivity contribution is 6.31. The van der Waals surface area contributed by atoms with Crippen molar-refractivity contribution in [3.8, 4) is 0 Å². The van der Waals surface area contributed by atoms with Crippen molar-refractivity contribution in [2.24, 2.45) is 5.41 Å². The van der Waals surface area contributed by atoms with Crippen LogP contribution in [0.3, 0.4) is 0 Å². The van der Waals surface area contributed by atoms with Gasteiger partial charge in [-0.25, -0.2) is 4.39 Å². The predicted molar refractivity (Wildman–Crippen MR) is 91.3 cm³/mol. The largest absolute Gasteiger partial charge is 0.395 e. The molecule has 0 radical (unpaired) electrons. The smallest absolute Gasteiger partial charge is 0.222 e. The van der Waals surface area contributed by atoms with E-state index in [4.69, 9.17) is 16.7 Å². The maximum atomic E-state index is 13.1. The van der Waals surface area contributed by atoms with Crippen LogP contribution in [-0.4, -0.2) is 53.6 Å². The van der Waals surface area contributed by atoms with Crippen LogP contribution in [0.5, 0.6) is 0 Å². The van der Waals surface area contributed by atoms with E-state index >= 15 is 0 Å². The normalized spacial score (nSPS) is 21.5. The first kappa shape index (κ1) is 17.6. The molecule has 6 heteroatoms. The van der Waals surface area contributed by atoms with Crippen LogP contribution in [0, 0.1) is 11.2 Å². The highest BCUT2D eigenvalue weighted by Gasteiger charge is 2.40. The van der Waals surface area contributed by atoms with Gasteiger partial charge in [0.25, 0.3) is 0 Å². The van der Waals surface area contributed by atoms with E-state index in [1.54, 1.807) is 6.07 Å². The first-order valence-corrected chi connectivity index (χ1v) is 8.94. The first-order valence-electron chi connectivity index (χ1n) is 8.56. The van der Waals surface area contributed by atoms with Crippen LogP contribution < -0.4 is 0 Å². The Kier molecular flexibility index (Phi) is 5.42. The quantitative estimate of drug-likeness (QED) is 0.904. The lowest BCUT2D eigenvalue weighted by molar-refractivity contribution is -0.139. The number of hydrogen-bond donors (Lipinski definition) is 1. The number of aliphatic hydroxyl groups is 1. The number of amides is 1. The number of carbonyl (C=O) groups is 1. The van der Waals surface area contributed by atoms with Crippen LogP contribution in [0.15, 0.2) is 18.2 Å². The van der Waals surface area contributed by atoms with Crippen molar-refractivity contribution in [1.82, 2.24) is 9.80 Å². The lowest BCUT2D eigenvalue weighted by atomic mass is 9.72. The zero-order valence-electron chi connectivity index (χ0n) is 13.8. The maximum absolute atomic E-state index is 13.1. The molecule has 1 N–H and O–H groups in total. The fourth-order valence-corrected chi connectivity index (χ4v) is 4.14. The van der Waals surface area contributed by atoms with Crippen molar-refractivity contribution in [3.63, 3.8) is 0 Å². The van der Waals surface area contributed by atoms with Crippen molar-refractivity contribution in [1.29, 1.82) is 0 Å². The molecular formula is C18H24ClFN2O2. The standard InChI is InChI=1S/C18H24ClFN2O2/c19-16-11-15(20)2-1-14(16)12-21-7-5-18(6-8-21)4-3-17(24)22(13-18)9-10-23/h1-2,11,23H,3-10,12-13H2. The van der Waals surface area contributed by atoms with E-state index in [0.717, 1.165) is 51.0 Å². The van der Waals surface area contributed by atoms with Crippen LogP contribution >= 0.6 is 11.6 Å². The zero-order valence-corrected chi connectivity index (χ0v) is 14.6. The summed E-state index contributed by atoms with van der Waals surface area (Å²) in [4.78, 5) is 16.1. The summed E-state index contributed by atoms with van der Waals surface area (Å²) in [5.74, 6) is -0.146. The first-order chi connectivity index (χ1) is 11.5. The molecule has 1 aromatic carbocycles. The van der Waals surface area contributed by atoms with Gasteiger partial charge in [-0.05, 0) is 55.5 Å². The molecule has 0 atom stereocenters. The van der Waals surface area contributed by atoms with Gasteiger partial charge in [0.2, 0.25) is 5.91 Å². The summed E-state index contributed by atoms with van der Waals surface area (Å²) < 4.78 is 13.1. The molecule has 1 amide bonds. The Morgan fingerprint density at radius 1 is 1.25 bits per heavy atom. The van der Waals surface area contributed by atoms with E-state index in [1.807, 2.05) is 4.90 Å². The molecule has 2 heterocycles. The maximum Gasteiger partial charge on any atom is 0.222 e. The Balaban J connectivity index is 1.58. The Labute approximate surface area is 147 Å². The van der Waals surface area contributed by atoms with Gasteiger partial charge in [0.15, 0.2) is 0 Å². The molecular weight excluding hydrogens is 331 g/mol. The number of likely N-dealkylation sites (tertiary alicyclic amines) is 2. The van der Waals surface area contributed by atoms with E-state index in [9.17, 15) is 9.18 Å². The molecule has 3 rings (SSSR count). The van der Waals surface area contributed by atoms with Crippen molar-refractivity contribution in [2.45, 2.75) is 32.2 Å². The van der Waals surface area contributed by atoms with E-state index in [0.29, 0.717) is 18.0 Å². The molecule has 4 nitrogen and oxygen atoms in total. The molecule has 0 aliphatic carbocycles. The Bertz CT molecular complexity index is 603. The number of rotatable bonds is 4. The highest BCUT2D eigenvalue weighted by atomic mass is 35.5. The molecule has 1 spiro atoms. The third kappa shape index (κ3) is 3.90. The van der Waals surface area contributed by atoms with E-state index < -0.39 is 0 Å². The van der Waals surface area contributed by atoms with Gasteiger partial charge in [-0.1, -0.05) is 17.7 Å². The van der Waals surface area contributed by atoms with Crippen molar-refractivity contribution >= 4 is 17.5 Å². The summed E-state index contributed by atoms with van der Waals surface area (Å²) in [6.45, 7) is 3.86. The SMILES string of the molecule is O=C1CCC2(CCN(Cc3ccc(F)cc3Cl)CC2)CN1CCO. The van der Waals surface area contributed by atoms with Crippen LogP contribution in [-0.2, 0) is 11.3 Å². The third-order valence-electron chi connectivity index (χ3n) is 5.44. The average molecular weight is 355 g/mol. The number of nitrogens with zero attached hydrogens (tertiary/aromatic N) is 2. The van der Waals surface area contributed by atoms with Gasteiger partial charge in [0, 0.05) is 31.1 Å². The summed E-state index contributed by atoms with van der Waals surface area (Å²) in [6.07, 6.45) is 3.62. The van der Waals surface area contributed by atoms with Crippen LogP contribution in [0.4, 0.5) is 4.39 Å². The minimum Gasteiger partial charge on any atom is -0.395 e. The predicted octanol–water partition coefficient (Wildman–Crippen LogP) is 2.68. The minimum atomic E-state index is -0.308. The van der Waals surface area contributed by atoms with Crippen molar-refractivity contribution < 1.29 is 14.3 Å². The van der Waals surface area contributed by atoms with Gasteiger partial charge < -0.3 is 10.0 Å². The molecule has 24 heavy (non-hydrogen) atoms. The van der Waals surface area contributed by atoms with Gasteiger partial charge in [0.05, 0.1) is 6.61 Å². The van der Waals surface area contributed by atoms with Gasteiger partial charge in [-0.3, -0.25) is 9.69 Å². The third-order valence-corrected chi connectivity index (χ3v) is 5.80. The number of benzene rings is 1. The molecule has 1 aromatic rings. The van der Waals surface area contributed by atoms with E-state index in [-0.39, 0.29) is 23.7 Å². The second-order valence-corrected chi connectivity index (χ2v) is 7.46. The lowest BCUT2D eigenvalue weighted by Gasteiger charge is -2.47. The summed E-state index contributed by atoms with van der Waals surface area (Å²) in [7, 11) is 0. The molecule has 2 aliphatic heterocycles. The van der Waals surface area contributed by atoms with Crippen molar-refractivity contribution in [2.75, 3.05) is 32.8 Å². The summed E-state index contributed by atoms with van der Waals surface area (Å²) in [5.41, 5.74) is 1.14. The highest BCUT2D eigenvalue weighted by Crippen LogP contribution is 2.40. The molecule has 2 aliphatic rings. The molecule has 0 aromatic heterocycles. The number of β-amino-alcohol motifs (C(OH)–C–C–N with tert-alkyl or cyclic N) is 1. The van der Waals surface area contributed by atoms with Crippen molar-refractivity contribution in [3.05, 3.63) is 34.6 Å². The Morgan fingerprint density at radius 3 is 2.67 bits per heavy atom. The molecule has 2 fully saturated rings. The Morgan fingerprint density at radius 2 is 2.00 bits per heavy atom. The zero-order chi connectivity index (χ0) is 17.2. The van der Waals surface area contributed by atoms with Gasteiger partial charge in [0.1, 0.15) is 5.82 Å². The molecule has 132 valence electrons. The summed E-state index contributed by atoms with van der Waals surface area (Å²) >= 11 is 6.13. The number of aliphatic hydroxyl groups excluding tert-OH is 1. The lowest BCUT2D eigenvalue weighted by Crippen LogP contribution is -2.51. The van der Waals surface area contributed by atoms with Gasteiger partial charge in [-0.15, -0.1) is 0 Å². The number of halogens is 2. The monoisotopic (exact) mass is 354 g/mol. The summed E-state index contributed by atoms with van der Waals surface area (Å²) in [6, 6.07) is 4.57. The van der Waals surface area contributed by atoms with Crippen LogP contribution in [0.1, 0.15) is 31.2 Å². The van der Waals surface area contributed by atoms with Crippen LogP contribution in [0.2, 0.25) is 5.02 Å². The van der Waals surface area contributed by atoms with Gasteiger partial charge >= 0.3 is 0 Å². The molecule has 0 bridgehead atoms. The topological polar surface area (TPSA) is 43.8 Å². The second kappa shape index (κ2) is 7.38. The van der Waals surface area contributed by atoms with Gasteiger partial charge in [-0.2, -0.15) is 0 Å². The fourth-order valence-electron chi connectivity index (χ4n) is 3.91. The molecule has 0 unspecified atom stereocenters. The number of hydrogen-bond acceptors (Lipinski definition) is 3. The fraction of sp³-hybridized carbons (Fsp3) is 0.611. The summed E-state index contributed by atoms with van der Waals surface area (Å²) in [5, 5.41) is 9.61. The molecule has 2 saturated heterocycles.